The minimum Gasteiger partial charge on any atom is -0.395 e. The molecule has 0 unspecified atom stereocenters. The van der Waals surface area contributed by atoms with Crippen LogP contribution in [0.2, 0.25) is 0 Å². The maximum atomic E-state index is 8.48. The van der Waals surface area contributed by atoms with E-state index in [9.17, 15) is 0 Å². The molecule has 0 radical (unpaired) electrons. The molecule has 0 aliphatic carbocycles. The van der Waals surface area contributed by atoms with Gasteiger partial charge in [0.25, 0.3) is 0 Å². The Morgan fingerprint density at radius 1 is 1.00 bits per heavy atom. The molecule has 0 rings (SSSR count). The van der Waals surface area contributed by atoms with E-state index in [-0.39, 0.29) is 13.2 Å². The molecule has 0 aromatic heterocycles. The molecule has 0 atom stereocenters. The van der Waals surface area contributed by atoms with Crippen molar-refractivity contribution in [1.82, 2.24) is 10.6 Å². The molecule has 0 aromatic rings. The second kappa shape index (κ2) is 8.93. The Morgan fingerprint density at radius 2 is 1.42 bits per heavy atom. The molecule has 0 aliphatic rings. The Kier molecular flexibility index (Phi) is 8.81. The van der Waals surface area contributed by atoms with Gasteiger partial charge in [-0.2, -0.15) is 0 Å². The first-order chi connectivity index (χ1) is 5.81. The van der Waals surface area contributed by atoms with Gasteiger partial charge in [-0.1, -0.05) is 6.92 Å². The van der Waals surface area contributed by atoms with E-state index < -0.39 is 0 Å². The predicted octanol–water partition coefficient (Wildman–Crippen LogP) is -1.21. The molecule has 0 bridgehead atoms. The van der Waals surface area contributed by atoms with E-state index in [1.807, 2.05) is 0 Å². The summed E-state index contributed by atoms with van der Waals surface area (Å²) >= 11 is 0. The van der Waals surface area contributed by atoms with Crippen LogP contribution < -0.4 is 10.6 Å². The monoisotopic (exact) mass is 176 g/mol. The molecular weight excluding hydrogens is 156 g/mol. The van der Waals surface area contributed by atoms with E-state index in [4.69, 9.17) is 10.2 Å². The van der Waals surface area contributed by atoms with Gasteiger partial charge in [-0.3, -0.25) is 0 Å². The molecule has 0 amide bonds. The van der Waals surface area contributed by atoms with Gasteiger partial charge in [-0.15, -0.1) is 0 Å². The third kappa shape index (κ3) is 7.94. The van der Waals surface area contributed by atoms with Gasteiger partial charge in [0.15, 0.2) is 0 Å². The third-order valence-electron chi connectivity index (χ3n) is 1.56. The van der Waals surface area contributed by atoms with Gasteiger partial charge in [-0.05, 0) is 19.0 Å². The first-order valence-electron chi connectivity index (χ1n) is 4.44. The molecule has 12 heavy (non-hydrogen) atoms. The van der Waals surface area contributed by atoms with E-state index in [0.717, 1.165) is 13.1 Å². The Morgan fingerprint density at radius 3 is 1.75 bits per heavy atom. The smallest absolute Gasteiger partial charge is 0.0555 e. The van der Waals surface area contributed by atoms with Gasteiger partial charge in [0.1, 0.15) is 0 Å². The zero-order chi connectivity index (χ0) is 9.23. The fourth-order valence-electron chi connectivity index (χ4n) is 0.927. The van der Waals surface area contributed by atoms with Crippen molar-refractivity contribution < 1.29 is 10.2 Å². The van der Waals surface area contributed by atoms with Crippen molar-refractivity contribution in [3.63, 3.8) is 0 Å². The molecule has 4 heteroatoms. The van der Waals surface area contributed by atoms with Crippen molar-refractivity contribution in [2.75, 3.05) is 39.4 Å². The van der Waals surface area contributed by atoms with Crippen molar-refractivity contribution >= 4 is 0 Å². The van der Waals surface area contributed by atoms with Gasteiger partial charge in [0.05, 0.1) is 13.2 Å². The average Bonchev–Trinajstić information content (AvgIpc) is 2.06. The van der Waals surface area contributed by atoms with Crippen LogP contribution in [0.15, 0.2) is 0 Å². The molecule has 0 spiro atoms. The summed E-state index contributed by atoms with van der Waals surface area (Å²) in [5.74, 6) is 0.531. The van der Waals surface area contributed by atoms with E-state index in [0.29, 0.717) is 19.0 Å². The van der Waals surface area contributed by atoms with Crippen LogP contribution in [0.5, 0.6) is 0 Å². The van der Waals surface area contributed by atoms with E-state index >= 15 is 0 Å². The molecular formula is C8H20N2O2. The SMILES string of the molecule is CC(CNCCO)CNCCO. The first kappa shape index (κ1) is 11.8. The zero-order valence-corrected chi connectivity index (χ0v) is 7.71. The quantitative estimate of drug-likeness (QED) is 0.350. The van der Waals surface area contributed by atoms with Crippen LogP contribution in [0, 0.1) is 5.92 Å². The van der Waals surface area contributed by atoms with Crippen LogP contribution >= 0.6 is 0 Å². The van der Waals surface area contributed by atoms with Crippen LogP contribution in [-0.4, -0.2) is 49.6 Å². The lowest BCUT2D eigenvalue weighted by molar-refractivity contribution is 0.281. The lowest BCUT2D eigenvalue weighted by Gasteiger charge is -2.12. The van der Waals surface area contributed by atoms with E-state index in [2.05, 4.69) is 17.6 Å². The molecule has 0 saturated heterocycles. The van der Waals surface area contributed by atoms with Gasteiger partial charge in [-0.25, -0.2) is 0 Å². The summed E-state index contributed by atoms with van der Waals surface area (Å²) in [6, 6.07) is 0. The Bertz CT molecular complexity index is 81.1. The van der Waals surface area contributed by atoms with Gasteiger partial charge >= 0.3 is 0 Å². The number of nitrogens with one attached hydrogen (secondary N) is 2. The summed E-state index contributed by atoms with van der Waals surface area (Å²) in [5, 5.41) is 23.2. The molecule has 0 fully saturated rings. The van der Waals surface area contributed by atoms with E-state index in [1.54, 1.807) is 0 Å². The highest BCUT2D eigenvalue weighted by Gasteiger charge is 1.99. The number of rotatable bonds is 8. The van der Waals surface area contributed by atoms with Crippen LogP contribution in [-0.2, 0) is 0 Å². The third-order valence-corrected chi connectivity index (χ3v) is 1.56. The average molecular weight is 176 g/mol. The van der Waals surface area contributed by atoms with Crippen LogP contribution in [0.4, 0.5) is 0 Å². The van der Waals surface area contributed by atoms with Crippen LogP contribution in [0.25, 0.3) is 0 Å². The van der Waals surface area contributed by atoms with Crippen LogP contribution in [0.1, 0.15) is 6.92 Å². The summed E-state index contributed by atoms with van der Waals surface area (Å²) in [7, 11) is 0. The number of aliphatic hydroxyl groups excluding tert-OH is 2. The summed E-state index contributed by atoms with van der Waals surface area (Å²) in [5.41, 5.74) is 0. The molecule has 0 saturated carbocycles. The number of aliphatic hydroxyl groups is 2. The Labute approximate surface area is 74.0 Å². The van der Waals surface area contributed by atoms with Crippen molar-refractivity contribution in [2.45, 2.75) is 6.92 Å². The fraction of sp³-hybridized carbons (Fsp3) is 1.00. The maximum absolute atomic E-state index is 8.48. The summed E-state index contributed by atoms with van der Waals surface area (Å²) in [4.78, 5) is 0. The van der Waals surface area contributed by atoms with Gasteiger partial charge < -0.3 is 20.8 Å². The van der Waals surface area contributed by atoms with Gasteiger partial charge in [0.2, 0.25) is 0 Å². The van der Waals surface area contributed by atoms with Crippen molar-refractivity contribution in [1.29, 1.82) is 0 Å². The molecule has 0 aliphatic heterocycles. The Balaban J connectivity index is 3.04. The normalized spacial score (nSPS) is 11.0. The van der Waals surface area contributed by atoms with Crippen molar-refractivity contribution in [3.8, 4) is 0 Å². The molecule has 4 N–H and O–H groups in total. The van der Waals surface area contributed by atoms with Crippen molar-refractivity contribution in [3.05, 3.63) is 0 Å². The highest BCUT2D eigenvalue weighted by molar-refractivity contribution is 4.59. The first-order valence-corrected chi connectivity index (χ1v) is 4.44. The number of hydrogen-bond donors (Lipinski definition) is 4. The summed E-state index contributed by atoms with van der Waals surface area (Å²) in [6.07, 6.45) is 0. The molecule has 0 heterocycles. The lowest BCUT2D eigenvalue weighted by Crippen LogP contribution is -2.32. The summed E-state index contributed by atoms with van der Waals surface area (Å²) < 4.78 is 0. The second-order valence-electron chi connectivity index (χ2n) is 2.96. The Hall–Kier alpha value is -0.160. The van der Waals surface area contributed by atoms with Crippen molar-refractivity contribution in [2.24, 2.45) is 5.92 Å². The minimum absolute atomic E-state index is 0.191. The standard InChI is InChI=1S/C8H20N2O2/c1-8(6-9-2-4-11)7-10-3-5-12/h8-12H,2-7H2,1H3. The van der Waals surface area contributed by atoms with Crippen LogP contribution in [0.3, 0.4) is 0 Å². The summed E-state index contributed by atoms with van der Waals surface area (Å²) in [6.45, 7) is 5.62. The second-order valence-corrected chi connectivity index (χ2v) is 2.96. The largest absolute Gasteiger partial charge is 0.395 e. The molecule has 4 nitrogen and oxygen atoms in total. The highest BCUT2D eigenvalue weighted by Crippen LogP contribution is 1.88. The fourth-order valence-corrected chi connectivity index (χ4v) is 0.927. The zero-order valence-electron chi connectivity index (χ0n) is 7.71. The maximum Gasteiger partial charge on any atom is 0.0555 e. The van der Waals surface area contributed by atoms with Gasteiger partial charge in [0, 0.05) is 13.1 Å². The predicted molar refractivity (Wildman–Crippen MR) is 49.1 cm³/mol. The van der Waals surface area contributed by atoms with E-state index in [1.165, 1.54) is 0 Å². The molecule has 74 valence electrons. The lowest BCUT2D eigenvalue weighted by atomic mass is 10.2. The highest BCUT2D eigenvalue weighted by atomic mass is 16.3. The minimum atomic E-state index is 0.191. The molecule has 0 aromatic carbocycles. The number of hydrogen-bond acceptors (Lipinski definition) is 4. The topological polar surface area (TPSA) is 64.5 Å².